The monoisotopic (exact) mass is 329 g/mol. The summed E-state index contributed by atoms with van der Waals surface area (Å²) in [4.78, 5) is 17.1. The molecule has 0 aliphatic rings. The van der Waals surface area contributed by atoms with Gasteiger partial charge in [0.15, 0.2) is 5.71 Å². The lowest BCUT2D eigenvalue weighted by molar-refractivity contribution is 0.106. The van der Waals surface area contributed by atoms with Crippen molar-refractivity contribution >= 4 is 35.0 Å². The van der Waals surface area contributed by atoms with E-state index < -0.39 is 0 Å². The second-order valence-electron chi connectivity index (χ2n) is 4.73. The summed E-state index contributed by atoms with van der Waals surface area (Å²) in [5.74, 6) is -0.290. The van der Waals surface area contributed by atoms with Crippen molar-refractivity contribution in [3.05, 3.63) is 64.7 Å². The normalized spacial score (nSPS) is 11.5. The van der Waals surface area contributed by atoms with Gasteiger partial charge < -0.3 is 4.84 Å². The van der Waals surface area contributed by atoms with Crippen LogP contribution >= 0.6 is 11.6 Å². The van der Waals surface area contributed by atoms with E-state index in [4.69, 9.17) is 11.6 Å². The summed E-state index contributed by atoms with van der Waals surface area (Å²) in [5.41, 5.74) is 5.32. The molecular formula is C17H16ClN3O2. The van der Waals surface area contributed by atoms with Crippen molar-refractivity contribution in [1.29, 1.82) is 0 Å². The van der Waals surface area contributed by atoms with Gasteiger partial charge in [-0.25, -0.2) is 0 Å². The van der Waals surface area contributed by atoms with Crippen molar-refractivity contribution < 1.29 is 9.63 Å². The molecule has 0 fully saturated rings. The zero-order valence-corrected chi connectivity index (χ0v) is 13.5. The van der Waals surface area contributed by atoms with Crippen molar-refractivity contribution in [1.82, 2.24) is 0 Å². The van der Waals surface area contributed by atoms with Gasteiger partial charge in [-0.3, -0.25) is 10.2 Å². The van der Waals surface area contributed by atoms with E-state index >= 15 is 0 Å². The first-order chi connectivity index (χ1) is 11.1. The third-order valence-corrected chi connectivity index (χ3v) is 3.23. The number of rotatable bonds is 6. The van der Waals surface area contributed by atoms with Gasteiger partial charge in [0.05, 0.1) is 11.9 Å². The predicted molar refractivity (Wildman–Crippen MR) is 93.5 cm³/mol. The number of anilines is 1. The minimum Gasteiger partial charge on any atom is -0.399 e. The molecule has 0 aromatic heterocycles. The third kappa shape index (κ3) is 4.93. The summed E-state index contributed by atoms with van der Waals surface area (Å²) >= 11 is 5.83. The van der Waals surface area contributed by atoms with Gasteiger partial charge in [0.1, 0.15) is 7.11 Å². The molecular weight excluding hydrogens is 314 g/mol. The molecule has 0 atom stereocenters. The fourth-order valence-corrected chi connectivity index (χ4v) is 1.87. The summed E-state index contributed by atoms with van der Waals surface area (Å²) < 4.78 is 0. The molecule has 0 heterocycles. The number of carbonyl (C=O) groups excluding carboxylic acids is 1. The van der Waals surface area contributed by atoms with Crippen LogP contribution in [0.2, 0.25) is 5.02 Å². The number of nitrogens with zero attached hydrogens (tertiary/aromatic N) is 2. The molecule has 23 heavy (non-hydrogen) atoms. The van der Waals surface area contributed by atoms with Crippen LogP contribution in [0.5, 0.6) is 0 Å². The lowest BCUT2D eigenvalue weighted by Gasteiger charge is -2.04. The summed E-state index contributed by atoms with van der Waals surface area (Å²) in [7, 11) is 1.40. The molecule has 2 aromatic rings. The lowest BCUT2D eigenvalue weighted by Crippen LogP contribution is -2.17. The minimum absolute atomic E-state index is 0.120. The highest BCUT2D eigenvalue weighted by atomic mass is 35.5. The van der Waals surface area contributed by atoms with Crippen molar-refractivity contribution in [2.45, 2.75) is 6.92 Å². The Morgan fingerprint density at radius 2 is 1.78 bits per heavy atom. The molecule has 0 saturated carbocycles. The van der Waals surface area contributed by atoms with Gasteiger partial charge in [-0.15, -0.1) is 0 Å². The van der Waals surface area contributed by atoms with Gasteiger partial charge in [0.2, 0.25) is 5.78 Å². The van der Waals surface area contributed by atoms with Crippen molar-refractivity contribution in [3.8, 4) is 0 Å². The largest absolute Gasteiger partial charge is 0.399 e. The number of hydrazone groups is 1. The first-order valence-electron chi connectivity index (χ1n) is 6.87. The standard InChI is InChI=1S/C17H16ClN3O2/c1-12-3-9-15(10-4-12)20-21-16(11-19-23-2)17(22)13-5-7-14(18)8-6-13/h3-11,20H,1-2H3/b19-11?,21-16-. The Morgan fingerprint density at radius 3 is 2.39 bits per heavy atom. The summed E-state index contributed by atoms with van der Waals surface area (Å²) in [6.07, 6.45) is 1.26. The molecule has 0 amide bonds. The first-order valence-corrected chi connectivity index (χ1v) is 7.25. The number of ketones is 1. The van der Waals surface area contributed by atoms with E-state index in [1.807, 2.05) is 31.2 Å². The molecule has 0 unspecified atom stereocenters. The Bertz CT molecular complexity index is 723. The number of nitrogens with one attached hydrogen (secondary N) is 1. The molecule has 0 saturated heterocycles. The fourth-order valence-electron chi connectivity index (χ4n) is 1.74. The summed E-state index contributed by atoms with van der Waals surface area (Å²) in [6.45, 7) is 1.99. The zero-order chi connectivity index (χ0) is 16.7. The van der Waals surface area contributed by atoms with Crippen molar-refractivity contribution in [2.24, 2.45) is 10.3 Å². The van der Waals surface area contributed by atoms with Crippen LogP contribution in [0.15, 0.2) is 58.8 Å². The van der Waals surface area contributed by atoms with Crippen LogP contribution in [-0.2, 0) is 4.84 Å². The van der Waals surface area contributed by atoms with E-state index in [9.17, 15) is 4.79 Å². The topological polar surface area (TPSA) is 63.1 Å². The molecule has 118 valence electrons. The van der Waals surface area contributed by atoms with Gasteiger partial charge in [0, 0.05) is 10.6 Å². The summed E-state index contributed by atoms with van der Waals surface area (Å²) in [5, 5.41) is 8.29. The summed E-state index contributed by atoms with van der Waals surface area (Å²) in [6, 6.07) is 14.2. The van der Waals surface area contributed by atoms with Gasteiger partial charge >= 0.3 is 0 Å². The molecule has 0 spiro atoms. The molecule has 2 aromatic carbocycles. The highest BCUT2D eigenvalue weighted by molar-refractivity contribution is 6.64. The molecule has 5 nitrogen and oxygen atoms in total. The maximum atomic E-state index is 12.5. The van der Waals surface area contributed by atoms with E-state index in [1.54, 1.807) is 24.3 Å². The quantitative estimate of drug-likeness (QED) is 0.496. The van der Waals surface area contributed by atoms with E-state index in [0.29, 0.717) is 10.6 Å². The average molecular weight is 330 g/mol. The van der Waals surface area contributed by atoms with Crippen molar-refractivity contribution in [2.75, 3.05) is 12.5 Å². The van der Waals surface area contributed by atoms with Crippen molar-refractivity contribution in [3.63, 3.8) is 0 Å². The first kappa shape index (κ1) is 16.7. The molecule has 0 bridgehead atoms. The smallest absolute Gasteiger partial charge is 0.214 e. The molecule has 0 aliphatic heterocycles. The Morgan fingerprint density at radius 1 is 1.13 bits per heavy atom. The van der Waals surface area contributed by atoms with Crippen LogP contribution in [0, 0.1) is 6.92 Å². The number of carbonyl (C=O) groups is 1. The van der Waals surface area contributed by atoms with E-state index in [2.05, 4.69) is 20.5 Å². The number of halogens is 1. The second-order valence-corrected chi connectivity index (χ2v) is 5.16. The van der Waals surface area contributed by atoms with Gasteiger partial charge in [-0.2, -0.15) is 5.10 Å². The highest BCUT2D eigenvalue weighted by Crippen LogP contribution is 2.11. The second kappa shape index (κ2) is 8.10. The van der Waals surface area contributed by atoms with Gasteiger partial charge in [-0.05, 0) is 43.3 Å². The highest BCUT2D eigenvalue weighted by Gasteiger charge is 2.13. The van der Waals surface area contributed by atoms with Crippen LogP contribution in [0.25, 0.3) is 0 Å². The van der Waals surface area contributed by atoms with Crippen LogP contribution in [0.4, 0.5) is 5.69 Å². The zero-order valence-electron chi connectivity index (χ0n) is 12.8. The van der Waals surface area contributed by atoms with Gasteiger partial charge in [0.25, 0.3) is 0 Å². The van der Waals surface area contributed by atoms with E-state index in [0.717, 1.165) is 11.3 Å². The van der Waals surface area contributed by atoms with Crippen LogP contribution in [0.3, 0.4) is 0 Å². The minimum atomic E-state index is -0.290. The maximum absolute atomic E-state index is 12.5. The SMILES string of the molecule is CON=C/C(=N/Nc1ccc(C)cc1)C(=O)c1ccc(Cl)cc1. The number of hydrogen-bond acceptors (Lipinski definition) is 5. The Labute approximate surface area is 139 Å². The predicted octanol–water partition coefficient (Wildman–Crippen LogP) is 3.93. The molecule has 6 heteroatoms. The van der Waals surface area contributed by atoms with Gasteiger partial charge in [-0.1, -0.05) is 34.5 Å². The number of benzene rings is 2. The number of aryl methyl sites for hydroxylation is 1. The Balaban J connectivity index is 2.23. The molecule has 1 N–H and O–H groups in total. The third-order valence-electron chi connectivity index (χ3n) is 2.98. The molecule has 0 radical (unpaired) electrons. The number of hydrogen-bond donors (Lipinski definition) is 1. The Hall–Kier alpha value is -2.66. The number of oxime groups is 1. The number of Topliss-reactive ketones (excluding diaryl/α,β-unsaturated/α-hetero) is 1. The van der Waals surface area contributed by atoms with Crippen LogP contribution < -0.4 is 5.43 Å². The van der Waals surface area contributed by atoms with E-state index in [1.165, 1.54) is 13.3 Å². The average Bonchev–Trinajstić information content (AvgIpc) is 2.56. The lowest BCUT2D eigenvalue weighted by atomic mass is 10.1. The van der Waals surface area contributed by atoms with Crippen LogP contribution in [-0.4, -0.2) is 24.8 Å². The molecule has 2 rings (SSSR count). The Kier molecular flexibility index (Phi) is 5.88. The fraction of sp³-hybridized carbons (Fsp3) is 0.118. The van der Waals surface area contributed by atoms with E-state index in [-0.39, 0.29) is 11.5 Å². The van der Waals surface area contributed by atoms with Crippen LogP contribution in [0.1, 0.15) is 15.9 Å². The maximum Gasteiger partial charge on any atom is 0.214 e. The molecule has 0 aliphatic carbocycles.